The van der Waals surface area contributed by atoms with Crippen LogP contribution in [0.1, 0.15) is 23.1 Å². The Hall–Kier alpha value is -2.25. The summed E-state index contributed by atoms with van der Waals surface area (Å²) in [6.45, 7) is 4.06. The number of amides is 1. The Morgan fingerprint density at radius 3 is 3.00 bits per heavy atom. The lowest BCUT2D eigenvalue weighted by molar-refractivity contribution is 0.0925. The number of hydrogen-bond acceptors (Lipinski definition) is 6. The first-order valence-corrected chi connectivity index (χ1v) is 5.09. The largest absolute Gasteiger partial charge is 0.346 e. The van der Waals surface area contributed by atoms with Gasteiger partial charge in [-0.3, -0.25) is 9.48 Å². The summed E-state index contributed by atoms with van der Waals surface area (Å²) >= 11 is 0. The van der Waals surface area contributed by atoms with Gasteiger partial charge >= 0.3 is 0 Å². The fraction of sp³-hybridized carbons (Fsp3) is 0.444. The molecule has 8 nitrogen and oxygen atoms in total. The molecule has 0 aliphatic rings. The maximum atomic E-state index is 11.7. The van der Waals surface area contributed by atoms with Gasteiger partial charge in [-0.2, -0.15) is 5.10 Å². The van der Waals surface area contributed by atoms with Gasteiger partial charge in [0.2, 0.25) is 0 Å². The average Bonchev–Trinajstić information content (AvgIpc) is 2.88. The Morgan fingerprint density at radius 2 is 2.41 bits per heavy atom. The van der Waals surface area contributed by atoms with E-state index in [4.69, 9.17) is 0 Å². The normalized spacial score (nSPS) is 12.4. The third-order valence-electron chi connectivity index (χ3n) is 2.17. The lowest BCUT2D eigenvalue weighted by Crippen LogP contribution is -2.36. The Kier molecular flexibility index (Phi) is 3.12. The molecular weight excluding hydrogens is 224 g/mol. The molecule has 0 spiro atoms. The minimum absolute atomic E-state index is 0.0969. The van der Waals surface area contributed by atoms with Gasteiger partial charge in [0.1, 0.15) is 18.3 Å². The van der Waals surface area contributed by atoms with Crippen LogP contribution in [0.2, 0.25) is 0 Å². The van der Waals surface area contributed by atoms with Crippen molar-refractivity contribution >= 4 is 5.91 Å². The lowest BCUT2D eigenvalue weighted by atomic mass is 10.3. The smallest absolute Gasteiger partial charge is 0.275 e. The molecule has 0 radical (unpaired) electrons. The summed E-state index contributed by atoms with van der Waals surface area (Å²) in [5.41, 5.74) is 0.672. The second kappa shape index (κ2) is 4.73. The van der Waals surface area contributed by atoms with Crippen LogP contribution in [0.4, 0.5) is 0 Å². The van der Waals surface area contributed by atoms with E-state index in [9.17, 15) is 4.79 Å². The summed E-state index contributed by atoms with van der Waals surface area (Å²) in [6, 6.07) is -0.0969. The molecule has 2 heterocycles. The summed E-state index contributed by atoms with van der Waals surface area (Å²) in [7, 11) is 0. The molecule has 0 bridgehead atoms. The minimum Gasteiger partial charge on any atom is -0.346 e. The number of carbonyl (C=O) groups is 1. The molecule has 1 N–H and O–H groups in total. The summed E-state index contributed by atoms with van der Waals surface area (Å²) in [6.07, 6.45) is 3.03. The molecule has 1 amide bonds. The van der Waals surface area contributed by atoms with Crippen molar-refractivity contribution in [3.05, 3.63) is 24.0 Å². The van der Waals surface area contributed by atoms with Crippen LogP contribution in [-0.2, 0) is 6.54 Å². The van der Waals surface area contributed by atoms with E-state index in [1.54, 1.807) is 17.9 Å². The van der Waals surface area contributed by atoms with Crippen molar-refractivity contribution in [1.82, 2.24) is 30.4 Å². The Balaban J connectivity index is 1.93. The zero-order chi connectivity index (χ0) is 12.3. The SMILES string of the molecule is Cc1nonc1C(=O)N[C@@H](C)Cn1cncn1. The third-order valence-corrected chi connectivity index (χ3v) is 2.17. The third kappa shape index (κ3) is 2.65. The number of nitrogens with one attached hydrogen (secondary N) is 1. The maximum Gasteiger partial charge on any atom is 0.275 e. The van der Waals surface area contributed by atoms with Crippen molar-refractivity contribution in [3.8, 4) is 0 Å². The van der Waals surface area contributed by atoms with Crippen molar-refractivity contribution in [2.45, 2.75) is 26.4 Å². The van der Waals surface area contributed by atoms with Gasteiger partial charge in [0.15, 0.2) is 5.69 Å². The number of rotatable bonds is 4. The number of aryl methyl sites for hydroxylation is 1. The van der Waals surface area contributed by atoms with Gasteiger partial charge in [-0.1, -0.05) is 5.16 Å². The van der Waals surface area contributed by atoms with Crippen LogP contribution in [0.5, 0.6) is 0 Å². The second-order valence-electron chi connectivity index (χ2n) is 3.69. The highest BCUT2D eigenvalue weighted by atomic mass is 16.6. The molecule has 0 saturated heterocycles. The fourth-order valence-electron chi connectivity index (χ4n) is 1.38. The zero-order valence-electron chi connectivity index (χ0n) is 9.49. The summed E-state index contributed by atoms with van der Waals surface area (Å²) in [5.74, 6) is -0.309. The van der Waals surface area contributed by atoms with E-state index < -0.39 is 0 Å². The van der Waals surface area contributed by atoms with Gasteiger partial charge in [-0.15, -0.1) is 0 Å². The van der Waals surface area contributed by atoms with Gasteiger partial charge in [0.25, 0.3) is 5.91 Å². The highest BCUT2D eigenvalue weighted by Gasteiger charge is 2.17. The first-order chi connectivity index (χ1) is 8.16. The Labute approximate surface area is 97.0 Å². The monoisotopic (exact) mass is 236 g/mol. The number of nitrogens with zero attached hydrogens (tertiary/aromatic N) is 5. The Morgan fingerprint density at radius 1 is 1.59 bits per heavy atom. The molecule has 17 heavy (non-hydrogen) atoms. The number of carbonyl (C=O) groups excluding carboxylic acids is 1. The van der Waals surface area contributed by atoms with Gasteiger partial charge in [-0.05, 0) is 19.0 Å². The van der Waals surface area contributed by atoms with Crippen molar-refractivity contribution in [3.63, 3.8) is 0 Å². The van der Waals surface area contributed by atoms with Gasteiger partial charge in [0, 0.05) is 6.04 Å². The lowest BCUT2D eigenvalue weighted by Gasteiger charge is -2.12. The highest BCUT2D eigenvalue weighted by molar-refractivity contribution is 5.93. The summed E-state index contributed by atoms with van der Waals surface area (Å²) in [5, 5.41) is 13.8. The fourth-order valence-corrected chi connectivity index (χ4v) is 1.38. The van der Waals surface area contributed by atoms with Gasteiger partial charge in [0.05, 0.1) is 6.54 Å². The van der Waals surface area contributed by atoms with Crippen LogP contribution in [-0.4, -0.2) is 37.0 Å². The molecule has 0 unspecified atom stereocenters. The Bertz CT molecular complexity index is 491. The van der Waals surface area contributed by atoms with Crippen LogP contribution in [0.25, 0.3) is 0 Å². The molecule has 0 aromatic carbocycles. The summed E-state index contributed by atoms with van der Waals surface area (Å²) < 4.78 is 6.10. The molecule has 2 aromatic rings. The van der Waals surface area contributed by atoms with Crippen LogP contribution in [0, 0.1) is 6.92 Å². The molecule has 0 saturated carbocycles. The first-order valence-electron chi connectivity index (χ1n) is 5.09. The topological polar surface area (TPSA) is 98.7 Å². The zero-order valence-corrected chi connectivity index (χ0v) is 9.49. The summed E-state index contributed by atoms with van der Waals surface area (Å²) in [4.78, 5) is 15.6. The average molecular weight is 236 g/mol. The van der Waals surface area contributed by atoms with E-state index in [-0.39, 0.29) is 17.6 Å². The molecule has 2 rings (SSSR count). The predicted octanol–water partition coefficient (Wildman–Crippen LogP) is -0.212. The molecule has 1 atom stereocenters. The van der Waals surface area contributed by atoms with E-state index in [1.165, 1.54) is 6.33 Å². The molecule has 8 heteroatoms. The number of aromatic nitrogens is 5. The van der Waals surface area contributed by atoms with Crippen LogP contribution < -0.4 is 5.32 Å². The highest BCUT2D eigenvalue weighted by Crippen LogP contribution is 2.01. The van der Waals surface area contributed by atoms with Gasteiger partial charge < -0.3 is 5.32 Å². The quantitative estimate of drug-likeness (QED) is 0.788. The number of hydrogen-bond donors (Lipinski definition) is 1. The van der Waals surface area contributed by atoms with E-state index >= 15 is 0 Å². The van der Waals surface area contributed by atoms with E-state index in [0.717, 1.165) is 0 Å². The van der Waals surface area contributed by atoms with Crippen LogP contribution >= 0.6 is 0 Å². The minimum atomic E-state index is -0.309. The van der Waals surface area contributed by atoms with Crippen LogP contribution in [0.15, 0.2) is 17.3 Å². The van der Waals surface area contributed by atoms with Crippen LogP contribution in [0.3, 0.4) is 0 Å². The first kappa shape index (κ1) is 11.2. The van der Waals surface area contributed by atoms with E-state index in [0.29, 0.717) is 12.2 Å². The maximum absolute atomic E-state index is 11.7. The molecule has 90 valence electrons. The van der Waals surface area contributed by atoms with Crippen molar-refractivity contribution in [2.24, 2.45) is 0 Å². The van der Waals surface area contributed by atoms with E-state index in [2.05, 4.69) is 30.3 Å². The van der Waals surface area contributed by atoms with Crippen molar-refractivity contribution in [2.75, 3.05) is 0 Å². The standard InChI is InChI=1S/C9H12N6O2/c1-6(3-15-5-10-4-11-15)12-9(16)8-7(2)13-17-14-8/h4-6H,3H2,1-2H3,(H,12,16)/t6-/m0/s1. The molecule has 0 aliphatic carbocycles. The predicted molar refractivity (Wildman–Crippen MR) is 56.0 cm³/mol. The molecule has 2 aromatic heterocycles. The van der Waals surface area contributed by atoms with Gasteiger partial charge in [-0.25, -0.2) is 9.61 Å². The van der Waals surface area contributed by atoms with Crippen molar-refractivity contribution in [1.29, 1.82) is 0 Å². The second-order valence-corrected chi connectivity index (χ2v) is 3.69. The molecular formula is C9H12N6O2. The van der Waals surface area contributed by atoms with Crippen molar-refractivity contribution < 1.29 is 9.42 Å². The molecule has 0 fully saturated rings. The molecule has 0 aliphatic heterocycles. The van der Waals surface area contributed by atoms with E-state index in [1.807, 2.05) is 6.92 Å².